The fourth-order valence-electron chi connectivity index (χ4n) is 4.20. The second-order valence-corrected chi connectivity index (χ2v) is 7.44. The van der Waals surface area contributed by atoms with Crippen LogP contribution in [0.15, 0.2) is 42.5 Å². The van der Waals surface area contributed by atoms with Crippen LogP contribution in [0.25, 0.3) is 0 Å². The molecule has 138 valence electrons. The Bertz CT molecular complexity index is 906. The van der Waals surface area contributed by atoms with Gasteiger partial charge in [-0.05, 0) is 61.1 Å². The summed E-state index contributed by atoms with van der Waals surface area (Å²) in [6.45, 7) is 6.71. The Labute approximate surface area is 162 Å². The smallest absolute Gasteiger partial charge is 0.254 e. The number of hydrogen-bond donors (Lipinski definition) is 0. The van der Waals surface area contributed by atoms with Crippen LogP contribution < -0.4 is 0 Å². The molecule has 0 fully saturated rings. The zero-order chi connectivity index (χ0) is 18.6. The minimum atomic E-state index is 0.177. The first-order valence-electron chi connectivity index (χ1n) is 9.88. The molecule has 0 N–H and O–H groups in total. The normalized spacial score (nSPS) is 16.3. The standard InChI is InChI=1S/C24H26N2O/c1-2-6-19-9-10-23-21(17-19)12-16-26(24(23)27)14-5-13-25-15-11-20-7-3-4-8-22(20)18-25/h3-4,7-10,17H,5,11-16,18H2,1H3. The molecule has 0 unspecified atom stereocenters. The van der Waals surface area contributed by atoms with Crippen LogP contribution in [0.5, 0.6) is 0 Å². The van der Waals surface area contributed by atoms with E-state index in [9.17, 15) is 4.79 Å². The summed E-state index contributed by atoms with van der Waals surface area (Å²) >= 11 is 0. The summed E-state index contributed by atoms with van der Waals surface area (Å²) in [5.41, 5.74) is 5.95. The number of amides is 1. The van der Waals surface area contributed by atoms with Crippen molar-refractivity contribution in [2.75, 3.05) is 26.2 Å². The van der Waals surface area contributed by atoms with Gasteiger partial charge in [0.25, 0.3) is 5.91 Å². The van der Waals surface area contributed by atoms with Gasteiger partial charge in [-0.3, -0.25) is 9.69 Å². The highest BCUT2D eigenvalue weighted by Crippen LogP contribution is 2.21. The van der Waals surface area contributed by atoms with Gasteiger partial charge in [0.1, 0.15) is 0 Å². The lowest BCUT2D eigenvalue weighted by Gasteiger charge is -2.31. The molecular formula is C24H26N2O. The van der Waals surface area contributed by atoms with Crippen molar-refractivity contribution in [2.45, 2.75) is 32.7 Å². The third-order valence-electron chi connectivity index (χ3n) is 5.66. The molecule has 2 aromatic carbocycles. The highest BCUT2D eigenvalue weighted by atomic mass is 16.2. The zero-order valence-corrected chi connectivity index (χ0v) is 16.0. The maximum atomic E-state index is 12.8. The van der Waals surface area contributed by atoms with Crippen molar-refractivity contribution >= 4 is 5.91 Å². The van der Waals surface area contributed by atoms with E-state index in [1.165, 1.54) is 11.1 Å². The van der Waals surface area contributed by atoms with Gasteiger partial charge >= 0.3 is 0 Å². The Balaban J connectivity index is 1.32. The third kappa shape index (κ3) is 3.91. The van der Waals surface area contributed by atoms with Crippen LogP contribution in [0.4, 0.5) is 0 Å². The first-order valence-corrected chi connectivity index (χ1v) is 9.88. The van der Waals surface area contributed by atoms with Gasteiger partial charge in [-0.25, -0.2) is 0 Å². The van der Waals surface area contributed by atoms with Crippen molar-refractivity contribution in [3.63, 3.8) is 0 Å². The number of carbonyl (C=O) groups excluding carboxylic acids is 1. The molecule has 2 aliphatic heterocycles. The van der Waals surface area contributed by atoms with Gasteiger partial charge in [0.2, 0.25) is 0 Å². The Hall–Kier alpha value is -2.57. The molecule has 0 atom stereocenters. The highest BCUT2D eigenvalue weighted by Gasteiger charge is 2.24. The second kappa shape index (κ2) is 7.98. The van der Waals surface area contributed by atoms with Crippen LogP contribution in [0.1, 0.15) is 46.0 Å². The van der Waals surface area contributed by atoms with Gasteiger partial charge in [0.05, 0.1) is 0 Å². The predicted octanol–water partition coefficient (Wildman–Crippen LogP) is 3.50. The predicted molar refractivity (Wildman–Crippen MR) is 109 cm³/mol. The summed E-state index contributed by atoms with van der Waals surface area (Å²) in [5.74, 6) is 6.18. The number of benzene rings is 2. The van der Waals surface area contributed by atoms with Crippen molar-refractivity contribution in [1.82, 2.24) is 9.80 Å². The van der Waals surface area contributed by atoms with Crippen molar-refractivity contribution in [1.29, 1.82) is 0 Å². The van der Waals surface area contributed by atoms with Gasteiger partial charge in [-0.1, -0.05) is 30.2 Å². The van der Waals surface area contributed by atoms with Gasteiger partial charge in [-0.2, -0.15) is 0 Å². The maximum absolute atomic E-state index is 12.8. The topological polar surface area (TPSA) is 23.6 Å². The molecule has 0 saturated heterocycles. The molecule has 1 amide bonds. The van der Waals surface area contributed by atoms with Gasteiger partial charge in [-0.15, -0.1) is 5.92 Å². The van der Waals surface area contributed by atoms with E-state index in [-0.39, 0.29) is 5.91 Å². The number of nitrogens with zero attached hydrogens (tertiary/aromatic N) is 2. The van der Waals surface area contributed by atoms with Crippen LogP contribution in [-0.4, -0.2) is 41.9 Å². The lowest BCUT2D eigenvalue weighted by atomic mass is 9.96. The molecular weight excluding hydrogens is 332 g/mol. The van der Waals surface area contributed by atoms with Crippen LogP contribution in [0.2, 0.25) is 0 Å². The van der Waals surface area contributed by atoms with Crippen LogP contribution in [0, 0.1) is 11.8 Å². The van der Waals surface area contributed by atoms with Gasteiger partial charge in [0, 0.05) is 43.9 Å². The Morgan fingerprint density at radius 1 is 0.963 bits per heavy atom. The molecule has 2 heterocycles. The van der Waals surface area contributed by atoms with Crippen LogP contribution in [-0.2, 0) is 19.4 Å². The summed E-state index contributed by atoms with van der Waals surface area (Å²) in [7, 11) is 0. The number of rotatable bonds is 4. The van der Waals surface area contributed by atoms with E-state index in [0.717, 1.165) is 68.7 Å². The van der Waals surface area contributed by atoms with Crippen molar-refractivity contribution < 1.29 is 4.79 Å². The van der Waals surface area contributed by atoms with Crippen LogP contribution >= 0.6 is 0 Å². The molecule has 0 aliphatic carbocycles. The minimum absolute atomic E-state index is 0.177. The first kappa shape index (κ1) is 17.8. The molecule has 0 bridgehead atoms. The third-order valence-corrected chi connectivity index (χ3v) is 5.66. The monoisotopic (exact) mass is 358 g/mol. The average molecular weight is 358 g/mol. The summed E-state index contributed by atoms with van der Waals surface area (Å²) in [5, 5.41) is 0. The number of carbonyl (C=O) groups is 1. The summed E-state index contributed by atoms with van der Waals surface area (Å²) in [6, 6.07) is 14.7. The largest absolute Gasteiger partial charge is 0.338 e. The van der Waals surface area contributed by atoms with E-state index in [0.29, 0.717) is 0 Å². The van der Waals surface area contributed by atoms with Crippen molar-refractivity contribution in [2.24, 2.45) is 0 Å². The summed E-state index contributed by atoms with van der Waals surface area (Å²) < 4.78 is 0. The average Bonchev–Trinajstić information content (AvgIpc) is 2.70. The fourth-order valence-corrected chi connectivity index (χ4v) is 4.20. The van der Waals surface area contributed by atoms with E-state index in [1.807, 2.05) is 24.0 Å². The molecule has 4 rings (SSSR count). The Kier molecular flexibility index (Phi) is 5.27. The molecule has 3 heteroatoms. The lowest BCUT2D eigenvalue weighted by Crippen LogP contribution is -2.40. The quantitative estimate of drug-likeness (QED) is 0.781. The van der Waals surface area contributed by atoms with E-state index >= 15 is 0 Å². The molecule has 0 aromatic heterocycles. The Morgan fingerprint density at radius 3 is 2.63 bits per heavy atom. The van der Waals surface area contributed by atoms with Gasteiger partial charge in [0.15, 0.2) is 0 Å². The molecule has 0 radical (unpaired) electrons. The first-order chi connectivity index (χ1) is 13.2. The van der Waals surface area contributed by atoms with E-state index < -0.39 is 0 Å². The summed E-state index contributed by atoms with van der Waals surface area (Å²) in [6.07, 6.45) is 3.09. The molecule has 3 nitrogen and oxygen atoms in total. The van der Waals surface area contributed by atoms with E-state index in [1.54, 1.807) is 0 Å². The van der Waals surface area contributed by atoms with Gasteiger partial charge < -0.3 is 4.90 Å². The van der Waals surface area contributed by atoms with E-state index in [2.05, 4.69) is 47.1 Å². The lowest BCUT2D eigenvalue weighted by molar-refractivity contribution is 0.0730. The molecule has 2 aliphatic rings. The van der Waals surface area contributed by atoms with Crippen molar-refractivity contribution in [3.05, 3.63) is 70.3 Å². The molecule has 27 heavy (non-hydrogen) atoms. The molecule has 2 aromatic rings. The number of hydrogen-bond acceptors (Lipinski definition) is 2. The molecule has 0 spiro atoms. The van der Waals surface area contributed by atoms with Crippen LogP contribution in [0.3, 0.4) is 0 Å². The maximum Gasteiger partial charge on any atom is 0.254 e. The second-order valence-electron chi connectivity index (χ2n) is 7.44. The Morgan fingerprint density at radius 2 is 1.78 bits per heavy atom. The fraction of sp³-hybridized carbons (Fsp3) is 0.375. The minimum Gasteiger partial charge on any atom is -0.338 e. The highest BCUT2D eigenvalue weighted by molar-refractivity contribution is 5.96. The summed E-state index contributed by atoms with van der Waals surface area (Å²) in [4.78, 5) is 17.3. The number of fused-ring (bicyclic) bond motifs is 2. The zero-order valence-electron chi connectivity index (χ0n) is 16.0. The molecule has 0 saturated carbocycles. The van der Waals surface area contributed by atoms with E-state index in [4.69, 9.17) is 0 Å². The SMILES string of the molecule is CC#Cc1ccc2c(c1)CCN(CCCN1CCc3ccccc3C1)C2=O. The van der Waals surface area contributed by atoms with Crippen molar-refractivity contribution in [3.8, 4) is 11.8 Å².